The maximum absolute atomic E-state index is 10.5. The van der Waals surface area contributed by atoms with Crippen LogP contribution in [0.15, 0.2) is 12.1 Å². The number of alkyl halides is 1. The first-order chi connectivity index (χ1) is 9.04. The highest BCUT2D eigenvalue weighted by molar-refractivity contribution is 5.72. The van der Waals surface area contributed by atoms with Crippen LogP contribution in [0.4, 0.5) is 4.39 Å². The molecule has 0 unspecified atom stereocenters. The third-order valence-corrected chi connectivity index (χ3v) is 2.05. The first-order valence-corrected chi connectivity index (χ1v) is 5.89. The first kappa shape index (κ1) is 19.3. The lowest BCUT2D eigenvalue weighted by atomic mass is 10.0. The van der Waals surface area contributed by atoms with Gasteiger partial charge in [-0.05, 0) is 31.5 Å². The lowest BCUT2D eigenvalue weighted by Gasteiger charge is -2.06. The number of halogens is 1. The van der Waals surface area contributed by atoms with E-state index in [9.17, 15) is 14.3 Å². The van der Waals surface area contributed by atoms with Crippen LogP contribution in [-0.2, 0) is 11.2 Å². The monoisotopic (exact) mass is 268 g/mol. The summed E-state index contributed by atoms with van der Waals surface area (Å²) in [7, 11) is 0.500. The maximum Gasteiger partial charge on any atom is 0.307 e. The second kappa shape index (κ2) is 11.1. The molecule has 0 radical (unpaired) electrons. The highest BCUT2D eigenvalue weighted by atomic mass is 19.1. The van der Waals surface area contributed by atoms with Gasteiger partial charge in [0.15, 0.2) is 0 Å². The summed E-state index contributed by atoms with van der Waals surface area (Å²) >= 11 is 0. The van der Waals surface area contributed by atoms with Gasteiger partial charge in [-0.15, -0.1) is 5.92 Å². The molecule has 0 saturated heterocycles. The van der Waals surface area contributed by atoms with Gasteiger partial charge in [-0.1, -0.05) is 19.8 Å². The van der Waals surface area contributed by atoms with Crippen molar-refractivity contribution in [3.8, 4) is 17.6 Å². The fraction of sp³-hybridized carbons (Fsp3) is 0.400. The van der Waals surface area contributed by atoms with Crippen LogP contribution in [-0.4, -0.2) is 23.4 Å². The fourth-order valence-corrected chi connectivity index (χ4v) is 1.40. The highest BCUT2D eigenvalue weighted by Gasteiger charge is 2.10. The normalized spacial score (nSPS) is 7.89. The van der Waals surface area contributed by atoms with Gasteiger partial charge in [0.2, 0.25) is 0 Å². The molecule has 0 fully saturated rings. The van der Waals surface area contributed by atoms with Crippen molar-refractivity contribution in [1.82, 2.24) is 0 Å². The molecule has 1 rings (SSSR count). The summed E-state index contributed by atoms with van der Waals surface area (Å²) in [6, 6.07) is 3.26. The van der Waals surface area contributed by atoms with Crippen molar-refractivity contribution in [1.29, 1.82) is 0 Å². The molecule has 0 atom stereocenters. The second-order valence-corrected chi connectivity index (χ2v) is 3.24. The van der Waals surface area contributed by atoms with E-state index in [1.807, 2.05) is 13.8 Å². The average Bonchev–Trinajstić information content (AvgIpc) is 2.39. The summed E-state index contributed by atoms with van der Waals surface area (Å²) in [5.74, 6) is 4.57. The minimum atomic E-state index is -0.956. The molecule has 0 spiro atoms. The molecule has 0 aliphatic carbocycles. The molecule has 0 saturated carbocycles. The van der Waals surface area contributed by atoms with Gasteiger partial charge < -0.3 is 10.2 Å². The number of carbonyl (C=O) groups is 1. The number of carboxylic acid groups (broad SMARTS) is 1. The molecule has 1 aromatic rings. The van der Waals surface area contributed by atoms with Crippen molar-refractivity contribution in [3.63, 3.8) is 0 Å². The van der Waals surface area contributed by atoms with E-state index in [1.54, 1.807) is 19.9 Å². The van der Waals surface area contributed by atoms with Crippen LogP contribution < -0.4 is 0 Å². The van der Waals surface area contributed by atoms with Crippen LogP contribution in [0.1, 0.15) is 37.5 Å². The highest BCUT2D eigenvalue weighted by Crippen LogP contribution is 2.23. The van der Waals surface area contributed by atoms with Crippen LogP contribution in [0.5, 0.6) is 5.75 Å². The van der Waals surface area contributed by atoms with Crippen LogP contribution in [0.25, 0.3) is 0 Å². The minimum Gasteiger partial charge on any atom is -0.508 e. The zero-order valence-corrected chi connectivity index (χ0v) is 12.0. The molecule has 0 heterocycles. The first-order valence-electron chi connectivity index (χ1n) is 5.89. The summed E-state index contributed by atoms with van der Waals surface area (Å²) in [6.45, 7) is 7.47. The molecular formula is C15H21FO3. The molecule has 0 aliphatic heterocycles. The summed E-state index contributed by atoms with van der Waals surface area (Å²) in [4.78, 5) is 10.5. The average molecular weight is 268 g/mol. The third-order valence-electron chi connectivity index (χ3n) is 2.05. The number of aromatic hydroxyl groups is 1. The molecule has 1 aromatic carbocycles. The zero-order chi connectivity index (χ0) is 15.4. The number of phenolic OH excluding ortho intramolecular Hbond substituents is 1. The van der Waals surface area contributed by atoms with E-state index in [0.717, 1.165) is 5.56 Å². The van der Waals surface area contributed by atoms with Gasteiger partial charge in [0.1, 0.15) is 5.75 Å². The molecule has 4 heteroatoms. The minimum absolute atomic E-state index is 0.00449. The molecular weight excluding hydrogens is 247 g/mol. The second-order valence-electron chi connectivity index (χ2n) is 3.24. The van der Waals surface area contributed by atoms with E-state index in [1.165, 1.54) is 6.07 Å². The summed E-state index contributed by atoms with van der Waals surface area (Å²) in [5, 5.41) is 18.3. The molecule has 106 valence electrons. The van der Waals surface area contributed by atoms with Crippen molar-refractivity contribution < 1.29 is 19.4 Å². The predicted octanol–water partition coefficient (Wildman–Crippen LogP) is 3.31. The van der Waals surface area contributed by atoms with Gasteiger partial charge in [0.05, 0.1) is 13.6 Å². The Kier molecular flexibility index (Phi) is 11.3. The fourth-order valence-electron chi connectivity index (χ4n) is 1.40. The Morgan fingerprint density at radius 1 is 1.32 bits per heavy atom. The zero-order valence-electron chi connectivity index (χ0n) is 12.0. The largest absolute Gasteiger partial charge is 0.508 e. The lowest BCUT2D eigenvalue weighted by Crippen LogP contribution is -2.02. The van der Waals surface area contributed by atoms with E-state index < -0.39 is 5.97 Å². The topological polar surface area (TPSA) is 57.5 Å². The quantitative estimate of drug-likeness (QED) is 0.809. The summed E-state index contributed by atoms with van der Waals surface area (Å²) in [6.07, 6.45) is -0.169. The van der Waals surface area contributed by atoms with Gasteiger partial charge in [-0.3, -0.25) is 9.18 Å². The van der Waals surface area contributed by atoms with Gasteiger partial charge >= 0.3 is 5.97 Å². The summed E-state index contributed by atoms with van der Waals surface area (Å²) < 4.78 is 9.50. The van der Waals surface area contributed by atoms with Crippen molar-refractivity contribution in [2.45, 2.75) is 34.1 Å². The number of phenols is 1. The van der Waals surface area contributed by atoms with Crippen molar-refractivity contribution in [2.24, 2.45) is 0 Å². The van der Waals surface area contributed by atoms with Gasteiger partial charge in [0, 0.05) is 11.1 Å². The van der Waals surface area contributed by atoms with Gasteiger partial charge in [-0.25, -0.2) is 0 Å². The van der Waals surface area contributed by atoms with Crippen LogP contribution in [0.2, 0.25) is 0 Å². The van der Waals surface area contributed by atoms with E-state index in [-0.39, 0.29) is 12.2 Å². The van der Waals surface area contributed by atoms with Gasteiger partial charge in [-0.2, -0.15) is 0 Å². The Hall–Kier alpha value is -2.02. The molecule has 3 nitrogen and oxygen atoms in total. The van der Waals surface area contributed by atoms with E-state index in [4.69, 9.17) is 5.11 Å². The number of benzene rings is 1. The molecule has 2 N–H and O–H groups in total. The Morgan fingerprint density at radius 3 is 2.21 bits per heavy atom. The Morgan fingerprint density at radius 2 is 1.84 bits per heavy atom. The Labute approximate surface area is 114 Å². The van der Waals surface area contributed by atoms with Crippen LogP contribution >= 0.6 is 0 Å². The number of rotatable bonds is 2. The predicted molar refractivity (Wildman–Crippen MR) is 75.1 cm³/mol. The van der Waals surface area contributed by atoms with Gasteiger partial charge in [0.25, 0.3) is 0 Å². The van der Waals surface area contributed by atoms with Crippen molar-refractivity contribution >= 4 is 5.97 Å². The van der Waals surface area contributed by atoms with Crippen molar-refractivity contribution in [3.05, 3.63) is 28.8 Å². The molecule has 0 bridgehead atoms. The molecule has 0 aromatic heterocycles. The van der Waals surface area contributed by atoms with E-state index >= 15 is 0 Å². The molecule has 0 amide bonds. The van der Waals surface area contributed by atoms with E-state index in [0.29, 0.717) is 18.3 Å². The standard InChI is InChI=1S/C12H12O3.C2H6.CH3F/c1-3-4-9-5-8(2)10(7-12(14)15)11(13)6-9;2*1-2/h5-6,13H,7H2,1-2H3,(H,14,15);1-2H3;1H3. The number of aryl methyl sites for hydroxylation is 1. The number of aliphatic carboxylic acids is 1. The maximum atomic E-state index is 10.5. The Balaban J connectivity index is 0. The van der Waals surface area contributed by atoms with Crippen LogP contribution in [0.3, 0.4) is 0 Å². The SMILES string of the molecule is CC.CC#Cc1cc(C)c(CC(=O)O)c(O)c1.CF. The number of carboxylic acids is 1. The molecule has 0 aliphatic rings. The van der Waals surface area contributed by atoms with E-state index in [2.05, 4.69) is 11.8 Å². The van der Waals surface area contributed by atoms with Crippen LogP contribution in [0, 0.1) is 18.8 Å². The molecule has 19 heavy (non-hydrogen) atoms. The number of hydrogen-bond acceptors (Lipinski definition) is 2. The Bertz CT molecular complexity index is 433. The summed E-state index contributed by atoms with van der Waals surface area (Å²) in [5.41, 5.74) is 1.89. The van der Waals surface area contributed by atoms with Crippen molar-refractivity contribution in [2.75, 3.05) is 7.18 Å². The smallest absolute Gasteiger partial charge is 0.307 e. The third kappa shape index (κ3) is 7.10. The number of hydrogen-bond donors (Lipinski definition) is 2. The lowest BCUT2D eigenvalue weighted by molar-refractivity contribution is -0.136.